The first-order chi connectivity index (χ1) is 19.8. The molecule has 0 amide bonds. The number of ketones is 1. The first-order valence-corrected chi connectivity index (χ1v) is 16.8. The van der Waals surface area contributed by atoms with Gasteiger partial charge in [-0.3, -0.25) is 28.0 Å². The lowest BCUT2D eigenvalue weighted by Crippen LogP contribution is -2.30. The molecule has 0 aromatic carbocycles. The monoisotopic (exact) mass is 699 g/mol. The van der Waals surface area contributed by atoms with Gasteiger partial charge in [-0.15, -0.1) is 0 Å². The number of aliphatic carboxylic acids is 1. The average molecular weight is 699 g/mol. The van der Waals surface area contributed by atoms with Gasteiger partial charge in [0.2, 0.25) is 0 Å². The van der Waals surface area contributed by atoms with Crippen LogP contribution in [0.1, 0.15) is 36.0 Å². The molecule has 1 rings (SSSR count). The summed E-state index contributed by atoms with van der Waals surface area (Å²) in [6, 6.07) is -3.05. The Labute approximate surface area is 249 Å². The number of ether oxygens (including phenoxy) is 1. The van der Waals surface area contributed by atoms with E-state index in [9.17, 15) is 37.4 Å². The van der Waals surface area contributed by atoms with Gasteiger partial charge in [0.25, 0.3) is 16.2 Å². The summed E-state index contributed by atoms with van der Waals surface area (Å²) in [6.45, 7) is 7.09. The van der Waals surface area contributed by atoms with Gasteiger partial charge in [0.15, 0.2) is 0 Å². The Balaban J connectivity index is -0.000000247. The van der Waals surface area contributed by atoms with Crippen molar-refractivity contribution < 1.29 is 76.2 Å². The predicted molar refractivity (Wildman–Crippen MR) is 152 cm³/mol. The van der Waals surface area contributed by atoms with E-state index in [4.69, 9.17) is 12.6 Å². The lowest BCUT2D eigenvalue weighted by Gasteiger charge is -2.13. The van der Waals surface area contributed by atoms with Crippen LogP contribution in [0.4, 0.5) is 0 Å². The predicted octanol–water partition coefficient (Wildman–Crippen LogP) is 1.08. The summed E-state index contributed by atoms with van der Waals surface area (Å²) >= 11 is 0. The quantitative estimate of drug-likeness (QED) is 0.116. The molecule has 0 aromatic heterocycles. The maximum Gasteiger partial charge on any atom is 0.461 e. The minimum atomic E-state index is -3.75. The average Bonchev–Trinajstić information content (AvgIpc) is 3.19. The number of methoxy groups -OCH3 is 1. The highest BCUT2D eigenvalue weighted by atomic mass is 31.2. The summed E-state index contributed by atoms with van der Waals surface area (Å²) in [5, 5.41) is 17.0. The van der Waals surface area contributed by atoms with Crippen LogP contribution in [0.2, 0.25) is 0 Å². The fraction of sp³-hybridized carbons (Fsp3) is 0.778. The van der Waals surface area contributed by atoms with Gasteiger partial charge in [-0.25, -0.2) is 29.2 Å². The smallest absolute Gasteiger partial charge is 0.461 e. The van der Waals surface area contributed by atoms with Crippen molar-refractivity contribution in [1.29, 1.82) is 2.56 Å². The minimum absolute atomic E-state index is 0. The second kappa shape index (κ2) is 23.1. The summed E-state index contributed by atoms with van der Waals surface area (Å²) in [6.07, 6.45) is 0. The van der Waals surface area contributed by atoms with Gasteiger partial charge in [-0.2, -0.15) is 5.09 Å². The molecule has 0 bridgehead atoms. The van der Waals surface area contributed by atoms with Crippen molar-refractivity contribution in [3.05, 3.63) is 0 Å². The van der Waals surface area contributed by atoms with Crippen molar-refractivity contribution in [2.75, 3.05) is 35.5 Å². The topological polar surface area (TPSA) is 281 Å². The zero-order valence-electron chi connectivity index (χ0n) is 26.7. The van der Waals surface area contributed by atoms with Gasteiger partial charge < -0.3 is 32.8 Å². The van der Waals surface area contributed by atoms with E-state index in [1.807, 2.05) is 5.09 Å². The van der Waals surface area contributed by atoms with Gasteiger partial charge >= 0.3 is 33.4 Å². The van der Waals surface area contributed by atoms with Crippen molar-refractivity contribution in [2.45, 2.75) is 58.8 Å². The van der Waals surface area contributed by atoms with Crippen LogP contribution in [0, 0.1) is 0 Å². The third-order valence-corrected chi connectivity index (χ3v) is 8.90. The van der Waals surface area contributed by atoms with Gasteiger partial charge in [0, 0.05) is 29.9 Å². The normalized spacial score (nSPS) is 24.5. The van der Waals surface area contributed by atoms with Crippen LogP contribution >= 0.6 is 31.7 Å². The summed E-state index contributed by atoms with van der Waals surface area (Å²) in [5.74, 6) is -2.50. The van der Waals surface area contributed by atoms with Gasteiger partial charge in [-0.1, -0.05) is 0 Å². The molecule has 0 saturated carbocycles. The van der Waals surface area contributed by atoms with Crippen molar-refractivity contribution in [3.63, 3.8) is 0 Å². The Morgan fingerprint density at radius 2 is 1.52 bits per heavy atom. The molecule has 1 heterocycles. The lowest BCUT2D eigenvalue weighted by molar-refractivity contribution is -0.142. The van der Waals surface area contributed by atoms with E-state index in [1.54, 1.807) is 6.92 Å². The highest BCUT2D eigenvalue weighted by molar-refractivity contribution is 7.52. The molecule has 8 atom stereocenters. The standard InChI is InChI=1S/2C5H12NO4P.C4H8NO4P.C4H10NO4P.H2/c1-4(5(7)9-2)6-11(8)10-3;1-4(5(2)7)6-11(8,9)10-3;1-3-4(6)9-10(7,5-3)8-2;1-3(4(6)7)5-10(8)9-2;/h4,11H,1-3H3,(H,6,8);4H,1-3H3,(H2,6,8,9);3H,1-2H3,(H,5,7);3,10H,1-2H3,(H,5,8)(H,6,7);1H/i11D;;;10D;1+1. The summed E-state index contributed by atoms with van der Waals surface area (Å²) < 4.78 is 83.2. The highest BCUT2D eigenvalue weighted by Gasteiger charge is 2.40. The number of Topliss-reactive ketones (excluding diaryl/α,β-unsaturated/α-hetero) is 1. The Hall–Kier alpha value is -1.36. The molecule has 0 radical (unpaired) electrons. The molecular formula is C18H44N4O16P4. The molecule has 1 aliphatic rings. The van der Waals surface area contributed by atoms with Crippen LogP contribution in [0.5, 0.6) is 0 Å². The maximum absolute atomic E-state index is 11.0. The molecule has 6 N–H and O–H groups in total. The van der Waals surface area contributed by atoms with Crippen molar-refractivity contribution in [2.24, 2.45) is 0 Å². The van der Waals surface area contributed by atoms with Crippen molar-refractivity contribution in [1.82, 2.24) is 20.3 Å². The van der Waals surface area contributed by atoms with Crippen molar-refractivity contribution in [3.8, 4) is 0 Å². The number of nitrogens with one attached hydrogen (secondary N) is 4. The van der Waals surface area contributed by atoms with E-state index in [1.165, 1.54) is 41.9 Å². The van der Waals surface area contributed by atoms with Crippen LogP contribution in [-0.2, 0) is 64.8 Å². The Morgan fingerprint density at radius 3 is 1.79 bits per heavy atom. The van der Waals surface area contributed by atoms with Crippen LogP contribution in [0.3, 0.4) is 0 Å². The second-order valence-corrected chi connectivity index (χ2v) is 13.3. The van der Waals surface area contributed by atoms with E-state index >= 15 is 0 Å². The number of esters is 1. The van der Waals surface area contributed by atoms with E-state index in [2.05, 4.69) is 42.6 Å². The van der Waals surface area contributed by atoms with Crippen molar-refractivity contribution >= 4 is 55.4 Å². The number of carbonyl (C=O) groups is 4. The number of hydrogen-bond donors (Lipinski definition) is 6. The minimum Gasteiger partial charge on any atom is -0.480 e. The maximum atomic E-state index is 11.0. The Bertz CT molecular complexity index is 1110. The molecule has 0 aromatic rings. The summed E-state index contributed by atoms with van der Waals surface area (Å²) in [5.41, 5.74) is 0. The molecule has 24 heteroatoms. The number of hydrogen-bond acceptors (Lipinski definition) is 14. The Morgan fingerprint density at radius 1 is 1.07 bits per heavy atom. The fourth-order valence-electron chi connectivity index (χ4n) is 1.70. The van der Waals surface area contributed by atoms with E-state index in [-0.39, 0.29) is 7.21 Å². The van der Waals surface area contributed by atoms with Gasteiger partial charge in [0.1, 0.15) is 26.5 Å². The molecular weight excluding hydrogens is 652 g/mol. The number of carboxylic acids is 1. The zero-order valence-corrected chi connectivity index (χ0v) is 28.3. The first-order valence-electron chi connectivity index (χ1n) is 12.2. The lowest BCUT2D eigenvalue weighted by atomic mass is 10.3. The molecule has 1 aliphatic heterocycles. The van der Waals surface area contributed by atoms with Crippen LogP contribution in [0.15, 0.2) is 0 Å². The third kappa shape index (κ3) is 22.2. The van der Waals surface area contributed by atoms with Gasteiger partial charge in [0.05, 0.1) is 13.2 Å². The van der Waals surface area contributed by atoms with E-state index in [0.717, 1.165) is 21.3 Å². The SMILES string of the molecule is COP(=O)(O)NC(C)C(C)=O.COP1(=O)NC(C)C(=O)O1.[2HH].[2H]P(=O)(NC(C)C(=O)O)OC.[2H]P(=O)(NC(C)C(=O)OC)OC. The van der Waals surface area contributed by atoms with Crippen LogP contribution in [0.25, 0.3) is 0 Å². The second-order valence-electron chi connectivity index (χ2n) is 7.55. The van der Waals surface area contributed by atoms with E-state index in [0.29, 0.717) is 0 Å². The number of carbonyl (C=O) groups excluding carboxylic acids is 3. The molecule has 42 heavy (non-hydrogen) atoms. The molecule has 0 spiro atoms. The molecule has 1 saturated heterocycles. The van der Waals surface area contributed by atoms with Crippen LogP contribution < -0.4 is 20.3 Å². The molecule has 20 nitrogen and oxygen atoms in total. The highest BCUT2D eigenvalue weighted by Crippen LogP contribution is 2.47. The summed E-state index contributed by atoms with van der Waals surface area (Å²) in [4.78, 5) is 50.9. The Kier molecular flexibility index (Phi) is 22.3. The third-order valence-electron chi connectivity index (χ3n) is 4.22. The zero-order chi connectivity index (χ0) is 35.7. The molecule has 1 fully saturated rings. The molecule has 252 valence electrons. The van der Waals surface area contributed by atoms with Crippen LogP contribution in [-0.4, -0.2) is 96.0 Å². The first kappa shape index (κ1) is 40.6. The number of carboxylic acid groups (broad SMARTS) is 1. The summed E-state index contributed by atoms with van der Waals surface area (Å²) in [7, 11) is -8.54. The fourth-order valence-corrected chi connectivity index (χ4v) is 4.74. The molecule has 0 aliphatic carbocycles. The van der Waals surface area contributed by atoms with Gasteiger partial charge in [-0.05, 0) is 34.6 Å². The largest absolute Gasteiger partial charge is 0.480 e. The van der Waals surface area contributed by atoms with E-state index < -0.39 is 73.8 Å². The number of rotatable bonds is 13. The molecule has 8 unspecified atom stereocenters.